The summed E-state index contributed by atoms with van der Waals surface area (Å²) in [6.07, 6.45) is 0.834. The predicted octanol–water partition coefficient (Wildman–Crippen LogP) is 5.79. The second kappa shape index (κ2) is 8.10. The predicted molar refractivity (Wildman–Crippen MR) is 113 cm³/mol. The van der Waals surface area contributed by atoms with Crippen LogP contribution in [-0.4, -0.2) is 10.1 Å². The number of H-pyrrole nitrogens is 1. The van der Waals surface area contributed by atoms with Gasteiger partial charge in [-0.1, -0.05) is 43.1 Å². The third kappa shape index (κ3) is 4.06. The van der Waals surface area contributed by atoms with Crippen molar-refractivity contribution in [3.05, 3.63) is 74.0 Å². The Hall–Kier alpha value is -2.74. The van der Waals surface area contributed by atoms with Gasteiger partial charge in [0.25, 0.3) is 5.56 Å². The van der Waals surface area contributed by atoms with Gasteiger partial charge in [0.15, 0.2) is 0 Å². The Labute approximate surface area is 173 Å². The third-order valence-electron chi connectivity index (χ3n) is 4.36. The molecule has 142 valence electrons. The van der Waals surface area contributed by atoms with E-state index in [1.165, 1.54) is 0 Å². The zero-order valence-electron chi connectivity index (χ0n) is 15.4. The maximum atomic E-state index is 12.6. The first-order chi connectivity index (χ1) is 13.3. The number of nitrogens with zero attached hydrogens (tertiary/aromatic N) is 1. The minimum Gasteiger partial charge on any atom is -0.507 e. The molecule has 0 saturated heterocycles. The molecule has 0 bridgehead atoms. The van der Waals surface area contributed by atoms with Crippen molar-refractivity contribution >= 4 is 23.2 Å². The van der Waals surface area contributed by atoms with Crippen LogP contribution in [0.1, 0.15) is 25.0 Å². The molecule has 0 spiro atoms. The van der Waals surface area contributed by atoms with Crippen molar-refractivity contribution in [1.29, 1.82) is 5.26 Å². The van der Waals surface area contributed by atoms with Crippen LogP contribution in [0.15, 0.2) is 47.3 Å². The van der Waals surface area contributed by atoms with E-state index in [1.54, 1.807) is 30.3 Å². The van der Waals surface area contributed by atoms with Gasteiger partial charge in [-0.15, -0.1) is 0 Å². The number of phenols is 1. The largest absolute Gasteiger partial charge is 0.507 e. The Morgan fingerprint density at radius 3 is 2.50 bits per heavy atom. The summed E-state index contributed by atoms with van der Waals surface area (Å²) in [6, 6.07) is 13.7. The van der Waals surface area contributed by atoms with E-state index < -0.39 is 5.56 Å². The van der Waals surface area contributed by atoms with Crippen molar-refractivity contribution in [3.63, 3.8) is 0 Å². The summed E-state index contributed by atoms with van der Waals surface area (Å²) < 4.78 is 0. The molecule has 0 aliphatic rings. The molecule has 0 saturated carbocycles. The number of benzene rings is 2. The molecule has 0 aliphatic carbocycles. The van der Waals surface area contributed by atoms with Crippen LogP contribution in [-0.2, 0) is 6.42 Å². The summed E-state index contributed by atoms with van der Waals surface area (Å²) in [5.41, 5.74) is 2.15. The van der Waals surface area contributed by atoms with E-state index in [9.17, 15) is 15.2 Å². The Morgan fingerprint density at radius 2 is 1.82 bits per heavy atom. The lowest BCUT2D eigenvalue weighted by Gasteiger charge is -2.13. The van der Waals surface area contributed by atoms with Gasteiger partial charge in [0, 0.05) is 26.7 Å². The first-order valence-corrected chi connectivity index (χ1v) is 9.51. The molecule has 1 aromatic heterocycles. The van der Waals surface area contributed by atoms with Crippen LogP contribution in [0.4, 0.5) is 0 Å². The van der Waals surface area contributed by atoms with E-state index in [0.717, 1.165) is 12.0 Å². The van der Waals surface area contributed by atoms with E-state index in [-0.39, 0.29) is 11.3 Å². The zero-order chi connectivity index (χ0) is 20.4. The van der Waals surface area contributed by atoms with Gasteiger partial charge in [-0.3, -0.25) is 4.79 Å². The summed E-state index contributed by atoms with van der Waals surface area (Å²) >= 11 is 12.4. The molecule has 2 N–H and O–H groups in total. The third-order valence-corrected chi connectivity index (χ3v) is 4.92. The monoisotopic (exact) mass is 412 g/mol. The number of nitrogens with one attached hydrogen (secondary N) is 1. The van der Waals surface area contributed by atoms with Crippen LogP contribution in [0.3, 0.4) is 0 Å². The molecule has 3 aromatic rings. The number of hydrogen-bond donors (Lipinski definition) is 2. The van der Waals surface area contributed by atoms with Gasteiger partial charge in [0.1, 0.15) is 17.4 Å². The Morgan fingerprint density at radius 1 is 1.07 bits per heavy atom. The molecule has 0 unspecified atom stereocenters. The fourth-order valence-electron chi connectivity index (χ4n) is 3.13. The van der Waals surface area contributed by atoms with Crippen molar-refractivity contribution in [1.82, 2.24) is 4.98 Å². The lowest BCUT2D eigenvalue weighted by Crippen LogP contribution is -2.13. The highest BCUT2D eigenvalue weighted by Gasteiger charge is 2.17. The molecule has 0 radical (unpaired) electrons. The van der Waals surface area contributed by atoms with Gasteiger partial charge in [-0.05, 0) is 54.3 Å². The van der Waals surface area contributed by atoms with E-state index >= 15 is 0 Å². The number of halogens is 2. The molecular formula is C22H18Cl2N2O2. The molecule has 6 heteroatoms. The number of rotatable bonds is 4. The van der Waals surface area contributed by atoms with Crippen molar-refractivity contribution < 1.29 is 5.11 Å². The Bertz CT molecular complexity index is 1140. The number of phenolic OH excluding ortho intramolecular Hbond substituents is 1. The summed E-state index contributed by atoms with van der Waals surface area (Å²) in [4.78, 5) is 15.3. The Kier molecular flexibility index (Phi) is 5.79. The molecule has 0 aliphatic heterocycles. The number of hydrogen-bond acceptors (Lipinski definition) is 3. The average Bonchev–Trinajstić information content (AvgIpc) is 2.64. The summed E-state index contributed by atoms with van der Waals surface area (Å²) in [6.45, 7) is 4.21. The molecule has 28 heavy (non-hydrogen) atoms. The first kappa shape index (κ1) is 20.0. The van der Waals surface area contributed by atoms with Gasteiger partial charge < -0.3 is 10.1 Å². The summed E-state index contributed by atoms with van der Waals surface area (Å²) in [5, 5.41) is 20.7. The SMILES string of the molecule is CC(C)Cc1ccc(O)c(-c2cc(-c3cc(Cl)ccc3Cl)c(C#N)c(=O)[nH]2)c1. The van der Waals surface area contributed by atoms with E-state index in [4.69, 9.17) is 23.2 Å². The number of aromatic nitrogens is 1. The standard InChI is InChI=1S/C22H18Cl2N2O2/c1-12(2)7-13-3-6-21(27)17(8-13)20-10-15(18(11-25)22(28)26-20)16-9-14(23)4-5-19(16)24/h3-6,8-10,12,27H,7H2,1-2H3,(H,26,28). The topological polar surface area (TPSA) is 76.9 Å². The Balaban J connectivity index is 2.26. The number of pyridine rings is 1. The van der Waals surface area contributed by atoms with Crippen molar-refractivity contribution in [3.8, 4) is 34.2 Å². The average molecular weight is 413 g/mol. The first-order valence-electron chi connectivity index (χ1n) is 8.75. The van der Waals surface area contributed by atoms with Gasteiger partial charge in [0.2, 0.25) is 0 Å². The smallest absolute Gasteiger partial charge is 0.266 e. The maximum Gasteiger partial charge on any atom is 0.266 e. The quantitative estimate of drug-likeness (QED) is 0.568. The van der Waals surface area contributed by atoms with Crippen LogP contribution >= 0.6 is 23.2 Å². The fourth-order valence-corrected chi connectivity index (χ4v) is 3.52. The molecule has 2 aromatic carbocycles. The minimum absolute atomic E-state index is 0.0380. The number of nitriles is 1. The molecule has 0 amide bonds. The van der Waals surface area contributed by atoms with Crippen LogP contribution in [0.5, 0.6) is 5.75 Å². The molecule has 0 atom stereocenters. The van der Waals surface area contributed by atoms with Gasteiger partial charge in [-0.2, -0.15) is 5.26 Å². The minimum atomic E-state index is -0.556. The van der Waals surface area contributed by atoms with Crippen LogP contribution in [0, 0.1) is 17.2 Å². The highest BCUT2D eigenvalue weighted by Crippen LogP contribution is 2.35. The number of aromatic amines is 1. The number of aromatic hydroxyl groups is 1. The molecule has 3 rings (SSSR count). The highest BCUT2D eigenvalue weighted by atomic mass is 35.5. The van der Waals surface area contributed by atoms with Gasteiger partial charge >= 0.3 is 0 Å². The highest BCUT2D eigenvalue weighted by molar-refractivity contribution is 6.35. The molecule has 1 heterocycles. The second-order valence-electron chi connectivity index (χ2n) is 6.99. The van der Waals surface area contributed by atoms with E-state index in [0.29, 0.717) is 38.3 Å². The summed E-state index contributed by atoms with van der Waals surface area (Å²) in [5.74, 6) is 0.481. The van der Waals surface area contributed by atoms with Gasteiger partial charge in [0.05, 0.1) is 5.69 Å². The van der Waals surface area contributed by atoms with Crippen LogP contribution in [0.25, 0.3) is 22.4 Å². The van der Waals surface area contributed by atoms with Crippen LogP contribution < -0.4 is 5.56 Å². The van der Waals surface area contributed by atoms with Crippen molar-refractivity contribution in [2.45, 2.75) is 20.3 Å². The molecule has 0 fully saturated rings. The van der Waals surface area contributed by atoms with E-state index in [2.05, 4.69) is 18.8 Å². The van der Waals surface area contributed by atoms with Crippen molar-refractivity contribution in [2.24, 2.45) is 5.92 Å². The normalized spacial score (nSPS) is 10.9. The van der Waals surface area contributed by atoms with Crippen molar-refractivity contribution in [2.75, 3.05) is 0 Å². The molecular weight excluding hydrogens is 395 g/mol. The maximum absolute atomic E-state index is 12.6. The lowest BCUT2D eigenvalue weighted by atomic mass is 9.96. The zero-order valence-corrected chi connectivity index (χ0v) is 16.9. The van der Waals surface area contributed by atoms with Crippen LogP contribution in [0.2, 0.25) is 10.0 Å². The van der Waals surface area contributed by atoms with Gasteiger partial charge in [-0.25, -0.2) is 0 Å². The van der Waals surface area contributed by atoms with E-state index in [1.807, 2.05) is 18.2 Å². The fraction of sp³-hybridized carbons (Fsp3) is 0.182. The summed E-state index contributed by atoms with van der Waals surface area (Å²) in [7, 11) is 0. The second-order valence-corrected chi connectivity index (χ2v) is 7.83. The lowest BCUT2D eigenvalue weighted by molar-refractivity contribution is 0.476. The molecule has 4 nitrogen and oxygen atoms in total.